The third-order valence-electron chi connectivity index (χ3n) is 2.19. The topological polar surface area (TPSA) is 80.4 Å². The number of hydrogen-bond donors (Lipinski definition) is 2. The Kier molecular flexibility index (Phi) is 3.45. The van der Waals surface area contributed by atoms with Gasteiger partial charge in [0, 0.05) is 6.08 Å². The van der Waals surface area contributed by atoms with E-state index in [1.54, 1.807) is 13.0 Å². The Morgan fingerprint density at radius 2 is 2.00 bits per heavy atom. The molecule has 0 atom stereocenters. The maximum atomic E-state index is 11.1. The summed E-state index contributed by atoms with van der Waals surface area (Å²) in [6, 6.07) is 3.02. The van der Waals surface area contributed by atoms with E-state index in [2.05, 4.69) is 0 Å². The first-order valence-corrected chi connectivity index (χ1v) is 4.74. The Morgan fingerprint density at radius 3 is 2.50 bits per heavy atom. The van der Waals surface area contributed by atoms with Gasteiger partial charge in [-0.05, 0) is 43.2 Å². The first-order chi connectivity index (χ1) is 7.41. The second-order valence-electron chi connectivity index (χ2n) is 3.52. The van der Waals surface area contributed by atoms with Crippen molar-refractivity contribution < 1.29 is 14.7 Å². The van der Waals surface area contributed by atoms with Crippen LogP contribution in [0.3, 0.4) is 0 Å². The Hall–Kier alpha value is -2.10. The van der Waals surface area contributed by atoms with Crippen molar-refractivity contribution in [1.29, 1.82) is 0 Å². The molecule has 0 spiro atoms. The number of benzene rings is 1. The molecule has 1 aromatic rings. The average molecular weight is 219 g/mol. The molecule has 0 saturated heterocycles. The maximum absolute atomic E-state index is 11.1. The van der Waals surface area contributed by atoms with Crippen LogP contribution in [0, 0.1) is 6.92 Å². The van der Waals surface area contributed by atoms with E-state index in [4.69, 9.17) is 5.73 Å². The molecular formula is C12H13NO3. The van der Waals surface area contributed by atoms with Crippen molar-refractivity contribution in [3.05, 3.63) is 34.9 Å². The lowest BCUT2D eigenvalue weighted by atomic mass is 10.0. The minimum absolute atomic E-state index is 0.0952. The normalized spacial score (nSPS) is 10.6. The van der Waals surface area contributed by atoms with Gasteiger partial charge in [-0.1, -0.05) is 0 Å². The highest BCUT2D eigenvalue weighted by atomic mass is 16.3. The van der Waals surface area contributed by atoms with Gasteiger partial charge >= 0.3 is 0 Å². The van der Waals surface area contributed by atoms with Crippen LogP contribution in [0.25, 0.3) is 6.08 Å². The van der Waals surface area contributed by atoms with E-state index in [9.17, 15) is 14.7 Å². The number of amides is 1. The Labute approximate surface area is 93.4 Å². The standard InChI is InChI=1S/C12H13NO3/c1-7-5-10(8(2)14)11(15)6-9(7)3-4-12(13)16/h3-6,15H,1-2H3,(H2,13,16). The number of hydrogen-bond acceptors (Lipinski definition) is 3. The highest BCUT2D eigenvalue weighted by molar-refractivity contribution is 5.97. The first-order valence-electron chi connectivity index (χ1n) is 4.74. The van der Waals surface area contributed by atoms with Crippen LogP contribution in [0.15, 0.2) is 18.2 Å². The largest absolute Gasteiger partial charge is 0.507 e. The smallest absolute Gasteiger partial charge is 0.241 e. The zero-order valence-corrected chi connectivity index (χ0v) is 9.15. The molecular weight excluding hydrogens is 206 g/mol. The van der Waals surface area contributed by atoms with Crippen molar-refractivity contribution in [2.45, 2.75) is 13.8 Å². The molecule has 4 heteroatoms. The second-order valence-corrected chi connectivity index (χ2v) is 3.52. The first kappa shape index (κ1) is 12.0. The molecule has 1 aromatic carbocycles. The zero-order chi connectivity index (χ0) is 12.3. The molecule has 0 aromatic heterocycles. The average Bonchev–Trinajstić information content (AvgIpc) is 2.18. The third kappa shape index (κ3) is 2.70. The number of carbonyl (C=O) groups excluding carboxylic acids is 2. The Bertz CT molecular complexity index is 475. The van der Waals surface area contributed by atoms with Crippen LogP contribution in [-0.2, 0) is 4.79 Å². The molecule has 0 heterocycles. The minimum atomic E-state index is -0.561. The SMILES string of the molecule is CC(=O)c1cc(C)c(C=CC(N)=O)cc1O. The van der Waals surface area contributed by atoms with E-state index in [-0.39, 0.29) is 17.1 Å². The maximum Gasteiger partial charge on any atom is 0.241 e. The van der Waals surface area contributed by atoms with E-state index < -0.39 is 5.91 Å². The van der Waals surface area contributed by atoms with Gasteiger partial charge in [-0.2, -0.15) is 0 Å². The highest BCUT2D eigenvalue weighted by Crippen LogP contribution is 2.23. The van der Waals surface area contributed by atoms with Crippen molar-refractivity contribution in [3.8, 4) is 5.75 Å². The summed E-state index contributed by atoms with van der Waals surface area (Å²) in [5, 5.41) is 9.58. The van der Waals surface area contributed by atoms with E-state index in [0.29, 0.717) is 5.56 Å². The molecule has 0 fully saturated rings. The number of aryl methyl sites for hydroxylation is 1. The number of nitrogens with two attached hydrogens (primary N) is 1. The van der Waals surface area contributed by atoms with Gasteiger partial charge in [0.05, 0.1) is 5.56 Å². The number of primary amides is 1. The van der Waals surface area contributed by atoms with Crippen LogP contribution in [0.5, 0.6) is 5.75 Å². The highest BCUT2D eigenvalue weighted by Gasteiger charge is 2.08. The van der Waals surface area contributed by atoms with E-state index in [0.717, 1.165) is 5.56 Å². The van der Waals surface area contributed by atoms with Gasteiger partial charge in [0.25, 0.3) is 0 Å². The van der Waals surface area contributed by atoms with Gasteiger partial charge in [-0.3, -0.25) is 9.59 Å². The molecule has 1 amide bonds. The zero-order valence-electron chi connectivity index (χ0n) is 9.15. The molecule has 0 bridgehead atoms. The number of ketones is 1. The molecule has 84 valence electrons. The molecule has 4 nitrogen and oxygen atoms in total. The fourth-order valence-corrected chi connectivity index (χ4v) is 1.35. The van der Waals surface area contributed by atoms with Gasteiger partial charge < -0.3 is 10.8 Å². The third-order valence-corrected chi connectivity index (χ3v) is 2.19. The summed E-state index contributed by atoms with van der Waals surface area (Å²) in [6.45, 7) is 3.17. The summed E-state index contributed by atoms with van der Waals surface area (Å²) in [5.41, 5.74) is 6.68. The van der Waals surface area contributed by atoms with Crippen molar-refractivity contribution in [3.63, 3.8) is 0 Å². The fourth-order valence-electron chi connectivity index (χ4n) is 1.35. The second kappa shape index (κ2) is 4.61. The molecule has 0 radical (unpaired) electrons. The molecule has 3 N–H and O–H groups in total. The minimum Gasteiger partial charge on any atom is -0.507 e. The molecule has 0 unspecified atom stereocenters. The molecule has 16 heavy (non-hydrogen) atoms. The lowest BCUT2D eigenvalue weighted by Crippen LogP contribution is -2.05. The summed E-state index contributed by atoms with van der Waals surface area (Å²) in [6.07, 6.45) is 2.70. The Morgan fingerprint density at radius 1 is 1.38 bits per heavy atom. The molecule has 0 aliphatic rings. The predicted molar refractivity (Wildman–Crippen MR) is 61.1 cm³/mol. The van der Waals surface area contributed by atoms with Crippen LogP contribution < -0.4 is 5.73 Å². The molecule has 0 aliphatic carbocycles. The molecule has 0 aliphatic heterocycles. The van der Waals surface area contributed by atoms with Crippen LogP contribution in [0.4, 0.5) is 0 Å². The van der Waals surface area contributed by atoms with Gasteiger partial charge in [-0.25, -0.2) is 0 Å². The number of phenols is 1. The lowest BCUT2D eigenvalue weighted by molar-refractivity contribution is -0.113. The summed E-state index contributed by atoms with van der Waals surface area (Å²) >= 11 is 0. The number of rotatable bonds is 3. The number of phenolic OH excluding ortho intramolecular Hbond substituents is 1. The molecule has 1 rings (SSSR count). The van der Waals surface area contributed by atoms with Gasteiger partial charge in [0.2, 0.25) is 5.91 Å². The number of Topliss-reactive ketones (excluding diaryl/α,β-unsaturated/α-hetero) is 1. The van der Waals surface area contributed by atoms with E-state index in [1.807, 2.05) is 0 Å². The van der Waals surface area contributed by atoms with E-state index in [1.165, 1.54) is 25.1 Å². The molecule has 0 saturated carbocycles. The monoisotopic (exact) mass is 219 g/mol. The van der Waals surface area contributed by atoms with Crippen LogP contribution in [0.1, 0.15) is 28.4 Å². The summed E-state index contributed by atoms with van der Waals surface area (Å²) < 4.78 is 0. The van der Waals surface area contributed by atoms with Gasteiger partial charge in [0.15, 0.2) is 5.78 Å². The van der Waals surface area contributed by atoms with Crippen LogP contribution >= 0.6 is 0 Å². The van der Waals surface area contributed by atoms with Crippen molar-refractivity contribution >= 4 is 17.8 Å². The summed E-state index contributed by atoms with van der Waals surface area (Å²) in [7, 11) is 0. The quantitative estimate of drug-likeness (QED) is 0.595. The van der Waals surface area contributed by atoms with Gasteiger partial charge in [-0.15, -0.1) is 0 Å². The van der Waals surface area contributed by atoms with Gasteiger partial charge in [0.1, 0.15) is 5.75 Å². The van der Waals surface area contributed by atoms with Crippen LogP contribution in [-0.4, -0.2) is 16.8 Å². The van der Waals surface area contributed by atoms with E-state index >= 15 is 0 Å². The number of aromatic hydroxyl groups is 1. The van der Waals surface area contributed by atoms with Crippen molar-refractivity contribution in [1.82, 2.24) is 0 Å². The number of carbonyl (C=O) groups is 2. The van der Waals surface area contributed by atoms with Crippen molar-refractivity contribution in [2.24, 2.45) is 5.73 Å². The summed E-state index contributed by atoms with van der Waals surface area (Å²) in [5.74, 6) is -0.859. The van der Waals surface area contributed by atoms with Crippen LogP contribution in [0.2, 0.25) is 0 Å². The lowest BCUT2D eigenvalue weighted by Gasteiger charge is -2.05. The van der Waals surface area contributed by atoms with Crippen molar-refractivity contribution in [2.75, 3.05) is 0 Å². The Balaban J connectivity index is 3.20. The fraction of sp³-hybridized carbons (Fsp3) is 0.167. The predicted octanol–water partition coefficient (Wildman–Crippen LogP) is 1.40. The summed E-state index contributed by atoms with van der Waals surface area (Å²) in [4.78, 5) is 21.7.